The first kappa shape index (κ1) is 6.88. The van der Waals surface area contributed by atoms with Crippen LogP contribution >= 0.6 is 0 Å². The summed E-state index contributed by atoms with van der Waals surface area (Å²) < 4.78 is 0. The lowest BCUT2D eigenvalue weighted by molar-refractivity contribution is 0.175. The Hall–Kier alpha value is -0.120. The minimum absolute atomic E-state index is 0.317. The van der Waals surface area contributed by atoms with E-state index in [0.717, 1.165) is 0 Å². The lowest BCUT2D eigenvalue weighted by Gasteiger charge is -2.01. The molecule has 0 radical (unpaired) electrons. The standard InChI is InChI=1S/C4H12N2O/c5-2-1-4(7)3-6/h4,7H,1-3,5-6H2/t4-/m0/s1. The second kappa shape index (κ2) is 4.05. The Morgan fingerprint density at radius 2 is 2.00 bits per heavy atom. The van der Waals surface area contributed by atoms with Gasteiger partial charge in [0.25, 0.3) is 0 Å². The largest absolute Gasteiger partial charge is 0.392 e. The van der Waals surface area contributed by atoms with Gasteiger partial charge in [0, 0.05) is 6.54 Å². The predicted octanol–water partition coefficient (Wildman–Crippen LogP) is -1.35. The van der Waals surface area contributed by atoms with Crippen LogP contribution in [0.2, 0.25) is 0 Å². The van der Waals surface area contributed by atoms with Crippen molar-refractivity contribution in [2.24, 2.45) is 11.5 Å². The molecule has 0 aliphatic rings. The molecule has 0 aromatic rings. The van der Waals surface area contributed by atoms with Gasteiger partial charge in [-0.25, -0.2) is 0 Å². The molecule has 3 nitrogen and oxygen atoms in total. The Labute approximate surface area is 43.3 Å². The van der Waals surface area contributed by atoms with Crippen molar-refractivity contribution in [1.82, 2.24) is 0 Å². The molecule has 0 bridgehead atoms. The van der Waals surface area contributed by atoms with Crippen molar-refractivity contribution in [3.05, 3.63) is 0 Å². The fourth-order valence-electron chi connectivity index (χ4n) is 0.310. The van der Waals surface area contributed by atoms with Crippen LogP contribution in [0.4, 0.5) is 0 Å². The fourth-order valence-corrected chi connectivity index (χ4v) is 0.310. The quantitative estimate of drug-likeness (QED) is 0.414. The number of aliphatic hydroxyl groups excluding tert-OH is 1. The smallest absolute Gasteiger partial charge is 0.0674 e. The zero-order valence-electron chi connectivity index (χ0n) is 4.30. The zero-order valence-corrected chi connectivity index (χ0v) is 4.30. The van der Waals surface area contributed by atoms with Gasteiger partial charge in [-0.2, -0.15) is 0 Å². The highest BCUT2D eigenvalue weighted by Gasteiger charge is 1.95. The summed E-state index contributed by atoms with van der Waals surface area (Å²) in [6, 6.07) is 0. The van der Waals surface area contributed by atoms with Crippen LogP contribution in [-0.2, 0) is 0 Å². The van der Waals surface area contributed by atoms with E-state index >= 15 is 0 Å². The third-order valence-corrected chi connectivity index (χ3v) is 0.772. The number of hydrogen-bond acceptors (Lipinski definition) is 3. The van der Waals surface area contributed by atoms with Gasteiger partial charge in [0.05, 0.1) is 6.10 Å². The van der Waals surface area contributed by atoms with E-state index in [4.69, 9.17) is 16.6 Å². The van der Waals surface area contributed by atoms with Gasteiger partial charge in [0.2, 0.25) is 0 Å². The van der Waals surface area contributed by atoms with Crippen LogP contribution in [0.25, 0.3) is 0 Å². The van der Waals surface area contributed by atoms with Crippen molar-refractivity contribution in [1.29, 1.82) is 0 Å². The molecule has 7 heavy (non-hydrogen) atoms. The van der Waals surface area contributed by atoms with E-state index in [1.165, 1.54) is 0 Å². The first-order chi connectivity index (χ1) is 3.31. The predicted molar refractivity (Wildman–Crippen MR) is 28.7 cm³/mol. The van der Waals surface area contributed by atoms with E-state index in [0.29, 0.717) is 19.5 Å². The van der Waals surface area contributed by atoms with Crippen molar-refractivity contribution in [3.63, 3.8) is 0 Å². The average Bonchev–Trinajstić information content (AvgIpc) is 1.68. The molecule has 0 rings (SSSR count). The van der Waals surface area contributed by atoms with Gasteiger partial charge in [-0.15, -0.1) is 0 Å². The SMILES string of the molecule is NCC[C@H](O)CN. The Balaban J connectivity index is 2.83. The summed E-state index contributed by atoms with van der Waals surface area (Å²) in [5.41, 5.74) is 10.1. The zero-order chi connectivity index (χ0) is 5.70. The lowest BCUT2D eigenvalue weighted by Crippen LogP contribution is -2.22. The molecular formula is C4H12N2O. The normalized spacial score (nSPS) is 14.1. The van der Waals surface area contributed by atoms with Crippen LogP contribution in [0.1, 0.15) is 6.42 Å². The van der Waals surface area contributed by atoms with Crippen LogP contribution in [0.3, 0.4) is 0 Å². The summed E-state index contributed by atoms with van der Waals surface area (Å²) in [5, 5.41) is 8.65. The van der Waals surface area contributed by atoms with E-state index in [1.54, 1.807) is 0 Å². The van der Waals surface area contributed by atoms with Crippen LogP contribution in [-0.4, -0.2) is 24.3 Å². The molecule has 0 aliphatic heterocycles. The molecule has 0 saturated heterocycles. The molecule has 0 unspecified atom stereocenters. The summed E-state index contributed by atoms with van der Waals surface area (Å²) in [6.45, 7) is 0.829. The molecule has 5 N–H and O–H groups in total. The highest BCUT2D eigenvalue weighted by molar-refractivity contribution is 4.53. The Morgan fingerprint density at radius 3 is 2.14 bits per heavy atom. The summed E-state index contributed by atoms with van der Waals surface area (Å²) in [6.07, 6.45) is 0.209. The van der Waals surface area contributed by atoms with E-state index in [2.05, 4.69) is 0 Å². The molecule has 3 heteroatoms. The molecule has 0 aromatic carbocycles. The highest BCUT2D eigenvalue weighted by Crippen LogP contribution is 1.81. The second-order valence-corrected chi connectivity index (χ2v) is 1.47. The summed E-state index contributed by atoms with van der Waals surface area (Å²) in [5.74, 6) is 0. The maximum Gasteiger partial charge on any atom is 0.0674 e. The van der Waals surface area contributed by atoms with Crippen molar-refractivity contribution >= 4 is 0 Å². The third-order valence-electron chi connectivity index (χ3n) is 0.772. The van der Waals surface area contributed by atoms with Crippen molar-refractivity contribution in [2.45, 2.75) is 12.5 Å². The molecule has 0 heterocycles. The molecular weight excluding hydrogens is 92.1 g/mol. The van der Waals surface area contributed by atoms with Gasteiger partial charge >= 0.3 is 0 Å². The van der Waals surface area contributed by atoms with Gasteiger partial charge in [-0.3, -0.25) is 0 Å². The van der Waals surface area contributed by atoms with E-state index in [-0.39, 0.29) is 0 Å². The Morgan fingerprint density at radius 1 is 1.43 bits per heavy atom. The number of hydrogen-bond donors (Lipinski definition) is 3. The second-order valence-electron chi connectivity index (χ2n) is 1.47. The fraction of sp³-hybridized carbons (Fsp3) is 1.00. The molecule has 0 amide bonds. The number of rotatable bonds is 3. The topological polar surface area (TPSA) is 72.3 Å². The number of aliphatic hydroxyl groups is 1. The summed E-state index contributed by atoms with van der Waals surface area (Å²) >= 11 is 0. The summed E-state index contributed by atoms with van der Waals surface area (Å²) in [7, 11) is 0. The molecule has 0 aromatic heterocycles. The lowest BCUT2D eigenvalue weighted by atomic mass is 10.3. The third kappa shape index (κ3) is 3.72. The van der Waals surface area contributed by atoms with Crippen LogP contribution < -0.4 is 11.5 Å². The van der Waals surface area contributed by atoms with Crippen molar-refractivity contribution < 1.29 is 5.11 Å². The maximum atomic E-state index is 8.65. The maximum absolute atomic E-state index is 8.65. The molecule has 44 valence electrons. The molecule has 1 atom stereocenters. The van der Waals surface area contributed by atoms with Crippen molar-refractivity contribution in [2.75, 3.05) is 13.1 Å². The molecule has 0 fully saturated rings. The van der Waals surface area contributed by atoms with Gasteiger partial charge in [-0.1, -0.05) is 0 Å². The first-order valence-corrected chi connectivity index (χ1v) is 2.39. The molecule has 0 spiro atoms. The van der Waals surface area contributed by atoms with Crippen LogP contribution in [0.15, 0.2) is 0 Å². The van der Waals surface area contributed by atoms with Crippen LogP contribution in [0, 0.1) is 0 Å². The van der Waals surface area contributed by atoms with E-state index < -0.39 is 6.10 Å². The summed E-state index contributed by atoms with van der Waals surface area (Å²) in [4.78, 5) is 0. The first-order valence-electron chi connectivity index (χ1n) is 2.39. The van der Waals surface area contributed by atoms with Crippen molar-refractivity contribution in [3.8, 4) is 0 Å². The Bertz CT molecular complexity index is 40.7. The average molecular weight is 104 g/mol. The van der Waals surface area contributed by atoms with Gasteiger partial charge in [-0.05, 0) is 13.0 Å². The van der Waals surface area contributed by atoms with E-state index in [9.17, 15) is 0 Å². The van der Waals surface area contributed by atoms with Crippen LogP contribution in [0.5, 0.6) is 0 Å². The molecule has 0 aliphatic carbocycles. The number of nitrogens with two attached hydrogens (primary N) is 2. The minimum atomic E-state index is -0.398. The van der Waals surface area contributed by atoms with E-state index in [1.807, 2.05) is 0 Å². The highest BCUT2D eigenvalue weighted by atomic mass is 16.3. The van der Waals surface area contributed by atoms with Gasteiger partial charge < -0.3 is 16.6 Å². The Kier molecular flexibility index (Phi) is 3.98. The monoisotopic (exact) mass is 104 g/mol. The minimum Gasteiger partial charge on any atom is -0.392 e. The van der Waals surface area contributed by atoms with Gasteiger partial charge in [0.15, 0.2) is 0 Å². The van der Waals surface area contributed by atoms with Gasteiger partial charge in [0.1, 0.15) is 0 Å². The molecule has 0 saturated carbocycles.